The summed E-state index contributed by atoms with van der Waals surface area (Å²) in [5.41, 5.74) is 16.6. The second kappa shape index (κ2) is 9.28. The lowest BCUT2D eigenvalue weighted by atomic mass is 9.78. The molecule has 0 unspecified atom stereocenters. The van der Waals surface area contributed by atoms with E-state index in [9.17, 15) is 0 Å². The molecule has 0 saturated carbocycles. The quantitative estimate of drug-likeness (QED) is 0.177. The summed E-state index contributed by atoms with van der Waals surface area (Å²) >= 11 is 0. The van der Waals surface area contributed by atoms with Gasteiger partial charge in [0.2, 0.25) is 0 Å². The van der Waals surface area contributed by atoms with E-state index < -0.39 is 0 Å². The van der Waals surface area contributed by atoms with Gasteiger partial charge >= 0.3 is 0 Å². The highest BCUT2D eigenvalue weighted by atomic mass is 14.4. The summed E-state index contributed by atoms with van der Waals surface area (Å²) in [5.74, 6) is 0. The van der Waals surface area contributed by atoms with Crippen molar-refractivity contribution in [3.05, 3.63) is 168 Å². The number of hydrogen-bond acceptors (Lipinski definition) is 0. The zero-order valence-corrected chi connectivity index (χ0v) is 26.1. The third-order valence-corrected chi connectivity index (χ3v) is 10.9. The topological polar surface area (TPSA) is 0 Å². The Morgan fingerprint density at radius 3 is 1.74 bits per heavy atom. The summed E-state index contributed by atoms with van der Waals surface area (Å²) in [5, 5.41) is 7.76. The van der Waals surface area contributed by atoms with Crippen molar-refractivity contribution in [1.29, 1.82) is 0 Å². The Hall–Kier alpha value is -5.46. The fourth-order valence-corrected chi connectivity index (χ4v) is 8.80. The molecular formula is C46H32. The fourth-order valence-electron chi connectivity index (χ4n) is 8.80. The minimum atomic E-state index is -0.0822. The third kappa shape index (κ3) is 3.39. The second-order valence-electron chi connectivity index (χ2n) is 13.6. The molecule has 0 heterocycles. The molecule has 0 saturated heterocycles. The van der Waals surface area contributed by atoms with Crippen LogP contribution in [0.5, 0.6) is 0 Å². The van der Waals surface area contributed by atoms with Crippen LogP contribution in [-0.4, -0.2) is 0 Å². The van der Waals surface area contributed by atoms with E-state index in [1.807, 2.05) is 0 Å². The van der Waals surface area contributed by atoms with E-state index in [4.69, 9.17) is 0 Å². The Bertz CT molecular complexity index is 2520. The maximum Gasteiger partial charge on any atom is 0.0159 e. The first-order chi connectivity index (χ1) is 22.6. The molecule has 10 rings (SSSR count). The molecule has 8 aromatic carbocycles. The average molecular weight is 585 g/mol. The molecule has 0 atom stereocenters. The SMILES string of the molecule is CC1(C)c2ccccc2-c2c1cc(-c1c3ccccc3c(-c3ccc4ccccc4c3)c3ccccc13)c1c2Cc2ccccc2-1. The molecule has 0 radical (unpaired) electrons. The van der Waals surface area contributed by atoms with Gasteiger partial charge in [-0.15, -0.1) is 0 Å². The van der Waals surface area contributed by atoms with Crippen LogP contribution in [0.3, 0.4) is 0 Å². The molecule has 216 valence electrons. The molecule has 2 aliphatic rings. The van der Waals surface area contributed by atoms with Crippen LogP contribution in [0, 0.1) is 0 Å². The predicted octanol–water partition coefficient (Wildman–Crippen LogP) is 12.4. The van der Waals surface area contributed by atoms with Crippen LogP contribution in [0.4, 0.5) is 0 Å². The minimum absolute atomic E-state index is 0.0822. The van der Waals surface area contributed by atoms with Crippen LogP contribution >= 0.6 is 0 Å². The predicted molar refractivity (Wildman–Crippen MR) is 196 cm³/mol. The van der Waals surface area contributed by atoms with E-state index in [1.165, 1.54) is 99.1 Å². The van der Waals surface area contributed by atoms with Crippen LogP contribution < -0.4 is 0 Å². The van der Waals surface area contributed by atoms with Crippen LogP contribution in [0.15, 0.2) is 146 Å². The molecule has 46 heavy (non-hydrogen) atoms. The van der Waals surface area contributed by atoms with Gasteiger partial charge in [-0.05, 0) is 118 Å². The van der Waals surface area contributed by atoms with Crippen LogP contribution in [-0.2, 0) is 11.8 Å². The Morgan fingerprint density at radius 1 is 0.413 bits per heavy atom. The number of benzene rings is 8. The Balaban J connectivity index is 1.36. The van der Waals surface area contributed by atoms with Crippen molar-refractivity contribution < 1.29 is 0 Å². The summed E-state index contributed by atoms with van der Waals surface area (Å²) in [6, 6.07) is 54.6. The average Bonchev–Trinajstić information content (AvgIpc) is 3.59. The molecular weight excluding hydrogens is 553 g/mol. The van der Waals surface area contributed by atoms with Gasteiger partial charge in [0.25, 0.3) is 0 Å². The van der Waals surface area contributed by atoms with E-state index in [0.29, 0.717) is 0 Å². The first-order valence-electron chi connectivity index (χ1n) is 16.4. The molecule has 0 aliphatic heterocycles. The largest absolute Gasteiger partial charge is 0.0619 e. The van der Waals surface area contributed by atoms with Crippen molar-refractivity contribution in [1.82, 2.24) is 0 Å². The highest BCUT2D eigenvalue weighted by Crippen LogP contribution is 2.58. The van der Waals surface area contributed by atoms with Gasteiger partial charge in [-0.2, -0.15) is 0 Å². The van der Waals surface area contributed by atoms with Gasteiger partial charge in [-0.3, -0.25) is 0 Å². The summed E-state index contributed by atoms with van der Waals surface area (Å²) < 4.78 is 0. The first kappa shape index (κ1) is 25.8. The molecule has 0 heteroatoms. The van der Waals surface area contributed by atoms with Gasteiger partial charge in [0.1, 0.15) is 0 Å². The van der Waals surface area contributed by atoms with E-state index in [1.54, 1.807) is 0 Å². The van der Waals surface area contributed by atoms with Gasteiger partial charge < -0.3 is 0 Å². The van der Waals surface area contributed by atoms with E-state index in [-0.39, 0.29) is 5.41 Å². The molecule has 0 amide bonds. The standard InChI is InChI=1S/C46H32/c1-46(2)40-22-12-11-21-37(40)45-38-26-30-15-5-6-16-32(30)43(38)39(27-41(45)46)44-35-19-9-7-17-33(35)42(34-18-8-10-20-36(34)44)31-24-23-28-13-3-4-14-29(28)25-31/h3-25,27H,26H2,1-2H3. The van der Waals surface area contributed by atoms with Gasteiger partial charge in [0.15, 0.2) is 0 Å². The van der Waals surface area contributed by atoms with Crippen LogP contribution in [0.2, 0.25) is 0 Å². The molecule has 0 aromatic heterocycles. The number of rotatable bonds is 2. The molecule has 0 spiro atoms. The molecule has 0 nitrogen and oxygen atoms in total. The van der Waals surface area contributed by atoms with E-state index in [2.05, 4.69) is 159 Å². The lowest BCUT2D eigenvalue weighted by molar-refractivity contribution is 0.660. The highest BCUT2D eigenvalue weighted by molar-refractivity contribution is 6.23. The summed E-state index contributed by atoms with van der Waals surface area (Å²) in [4.78, 5) is 0. The Morgan fingerprint density at radius 2 is 1.00 bits per heavy atom. The maximum atomic E-state index is 2.57. The summed E-state index contributed by atoms with van der Waals surface area (Å²) in [6.07, 6.45) is 0.969. The lowest BCUT2D eigenvalue weighted by Crippen LogP contribution is -2.15. The van der Waals surface area contributed by atoms with Gasteiger partial charge in [-0.1, -0.05) is 147 Å². The normalized spacial score (nSPS) is 14.0. The monoisotopic (exact) mass is 584 g/mol. The summed E-state index contributed by atoms with van der Waals surface area (Å²) in [6.45, 7) is 4.82. The van der Waals surface area contributed by atoms with Crippen molar-refractivity contribution in [2.24, 2.45) is 0 Å². The molecule has 8 aromatic rings. The number of hydrogen-bond donors (Lipinski definition) is 0. The maximum absolute atomic E-state index is 2.57. The highest BCUT2D eigenvalue weighted by Gasteiger charge is 2.40. The van der Waals surface area contributed by atoms with Gasteiger partial charge in [0, 0.05) is 5.41 Å². The van der Waals surface area contributed by atoms with Crippen molar-refractivity contribution in [2.45, 2.75) is 25.7 Å². The first-order valence-corrected chi connectivity index (χ1v) is 16.4. The van der Waals surface area contributed by atoms with Gasteiger partial charge in [0.05, 0.1) is 0 Å². The molecule has 0 bridgehead atoms. The second-order valence-corrected chi connectivity index (χ2v) is 13.6. The Labute approximate surface area is 269 Å². The number of fused-ring (bicyclic) bond motifs is 10. The van der Waals surface area contributed by atoms with Crippen molar-refractivity contribution in [2.75, 3.05) is 0 Å². The zero-order valence-electron chi connectivity index (χ0n) is 26.1. The van der Waals surface area contributed by atoms with Crippen LogP contribution in [0.25, 0.3) is 76.8 Å². The smallest absolute Gasteiger partial charge is 0.0159 e. The molecule has 0 fully saturated rings. The van der Waals surface area contributed by atoms with E-state index >= 15 is 0 Å². The Kier molecular flexibility index (Phi) is 5.21. The summed E-state index contributed by atoms with van der Waals surface area (Å²) in [7, 11) is 0. The minimum Gasteiger partial charge on any atom is -0.0619 e. The van der Waals surface area contributed by atoms with Crippen molar-refractivity contribution >= 4 is 32.3 Å². The van der Waals surface area contributed by atoms with Gasteiger partial charge in [-0.25, -0.2) is 0 Å². The third-order valence-electron chi connectivity index (χ3n) is 10.9. The van der Waals surface area contributed by atoms with E-state index in [0.717, 1.165) is 6.42 Å². The van der Waals surface area contributed by atoms with Crippen LogP contribution in [0.1, 0.15) is 36.1 Å². The molecule has 2 aliphatic carbocycles. The van der Waals surface area contributed by atoms with Crippen molar-refractivity contribution in [3.8, 4) is 44.5 Å². The fraction of sp³-hybridized carbons (Fsp3) is 0.0870. The van der Waals surface area contributed by atoms with Crippen molar-refractivity contribution in [3.63, 3.8) is 0 Å². The lowest BCUT2D eigenvalue weighted by Gasteiger charge is -2.25. The zero-order chi connectivity index (χ0) is 30.6. The molecule has 0 N–H and O–H groups in total.